The van der Waals surface area contributed by atoms with Crippen molar-refractivity contribution in [3.05, 3.63) is 36.0 Å². The lowest BCUT2D eigenvalue weighted by Gasteiger charge is -2.32. The summed E-state index contributed by atoms with van der Waals surface area (Å²) in [5, 5.41) is 7.13. The first kappa shape index (κ1) is 22.8. The lowest BCUT2D eigenvalue weighted by atomic mass is 9.96. The van der Waals surface area contributed by atoms with E-state index in [4.69, 9.17) is 4.52 Å². The Hall–Kier alpha value is -2.36. The highest BCUT2D eigenvalue weighted by Crippen LogP contribution is 2.21. The second kappa shape index (κ2) is 11.0. The average molecular weight is 445 g/mol. The number of hydrogen-bond donors (Lipinski definition) is 1. The Kier molecular flexibility index (Phi) is 7.83. The monoisotopic (exact) mass is 444 g/mol. The molecule has 2 aliphatic heterocycles. The molecule has 2 saturated heterocycles. The van der Waals surface area contributed by atoms with Gasteiger partial charge >= 0.3 is 0 Å². The molecule has 2 aliphatic rings. The van der Waals surface area contributed by atoms with Crippen LogP contribution < -0.4 is 5.32 Å². The minimum absolute atomic E-state index is 0.0762. The number of nitrogens with zero attached hydrogens (tertiary/aromatic N) is 5. The molecule has 0 aliphatic carbocycles. The molecule has 0 saturated carbocycles. The van der Waals surface area contributed by atoms with E-state index in [0.29, 0.717) is 18.3 Å². The van der Waals surface area contributed by atoms with E-state index in [1.54, 1.807) is 12.1 Å². The Morgan fingerprint density at radius 1 is 1.09 bits per heavy atom. The van der Waals surface area contributed by atoms with E-state index in [2.05, 4.69) is 37.2 Å². The van der Waals surface area contributed by atoms with E-state index in [-0.39, 0.29) is 17.6 Å². The van der Waals surface area contributed by atoms with Crippen LogP contribution in [0.25, 0.3) is 11.4 Å². The van der Waals surface area contributed by atoms with Crippen molar-refractivity contribution in [3.63, 3.8) is 0 Å². The predicted octanol–water partition coefficient (Wildman–Crippen LogP) is 1.84. The summed E-state index contributed by atoms with van der Waals surface area (Å²) in [6.45, 7) is 8.51. The van der Waals surface area contributed by atoms with Gasteiger partial charge in [0.1, 0.15) is 5.82 Å². The van der Waals surface area contributed by atoms with Crippen molar-refractivity contribution in [1.29, 1.82) is 0 Å². The van der Waals surface area contributed by atoms with Crippen LogP contribution in [-0.4, -0.2) is 90.2 Å². The molecule has 4 rings (SSSR count). The number of piperidine rings is 1. The summed E-state index contributed by atoms with van der Waals surface area (Å²) in [5.74, 6) is 0.966. The molecular weight excluding hydrogens is 411 g/mol. The molecule has 1 aromatic heterocycles. The smallest absolute Gasteiger partial charge is 0.241 e. The molecule has 32 heavy (non-hydrogen) atoms. The second-order valence-corrected chi connectivity index (χ2v) is 8.86. The number of nitrogens with one attached hydrogen (secondary N) is 1. The minimum atomic E-state index is -0.292. The normalized spacial score (nSPS) is 19.3. The standard InChI is InChI=1S/C23H33FN6O2/c1-28-13-15-29(16-14-28)10-2-9-25-23(31)19-7-11-30(12-8-19)17-21-26-22(27-32-21)18-3-5-20(24)6-4-18/h3-6,19H,2,7-17H2,1H3,(H,25,31). The first-order valence-electron chi connectivity index (χ1n) is 11.6. The van der Waals surface area contributed by atoms with Crippen LogP contribution >= 0.6 is 0 Å². The molecule has 3 heterocycles. The zero-order chi connectivity index (χ0) is 22.3. The van der Waals surface area contributed by atoms with Gasteiger partial charge in [-0.2, -0.15) is 4.98 Å². The third-order valence-corrected chi connectivity index (χ3v) is 6.43. The number of aromatic nitrogens is 2. The van der Waals surface area contributed by atoms with Crippen LogP contribution in [0.1, 0.15) is 25.2 Å². The van der Waals surface area contributed by atoms with Crippen LogP contribution in [0.5, 0.6) is 0 Å². The molecule has 1 amide bonds. The summed E-state index contributed by atoms with van der Waals surface area (Å²) in [6.07, 6.45) is 2.67. The number of carbonyl (C=O) groups excluding carboxylic acids is 1. The molecule has 0 bridgehead atoms. The maximum absolute atomic E-state index is 13.1. The molecule has 2 aromatic rings. The molecule has 0 spiro atoms. The number of amides is 1. The van der Waals surface area contributed by atoms with Crippen LogP contribution in [0, 0.1) is 11.7 Å². The van der Waals surface area contributed by atoms with E-state index >= 15 is 0 Å². The Balaban J connectivity index is 1.14. The van der Waals surface area contributed by atoms with Crippen molar-refractivity contribution in [2.24, 2.45) is 5.92 Å². The third-order valence-electron chi connectivity index (χ3n) is 6.43. The van der Waals surface area contributed by atoms with Crippen molar-refractivity contribution in [2.45, 2.75) is 25.8 Å². The van der Waals surface area contributed by atoms with Crippen LogP contribution in [0.4, 0.5) is 4.39 Å². The van der Waals surface area contributed by atoms with Crippen LogP contribution in [0.3, 0.4) is 0 Å². The molecular formula is C23H33FN6O2. The second-order valence-electron chi connectivity index (χ2n) is 8.86. The number of rotatable bonds is 8. The Labute approximate surface area is 188 Å². The molecule has 1 N–H and O–H groups in total. The van der Waals surface area contributed by atoms with Gasteiger partial charge in [-0.3, -0.25) is 9.69 Å². The topological polar surface area (TPSA) is 77.7 Å². The Morgan fingerprint density at radius 2 is 1.81 bits per heavy atom. The molecule has 1 aromatic carbocycles. The first-order chi connectivity index (χ1) is 15.6. The molecule has 2 fully saturated rings. The van der Waals surface area contributed by atoms with Crippen molar-refractivity contribution in [1.82, 2.24) is 30.2 Å². The lowest BCUT2D eigenvalue weighted by Crippen LogP contribution is -2.45. The quantitative estimate of drug-likeness (QED) is 0.623. The van der Waals surface area contributed by atoms with Crippen molar-refractivity contribution < 1.29 is 13.7 Å². The van der Waals surface area contributed by atoms with Gasteiger partial charge in [0, 0.05) is 44.2 Å². The zero-order valence-electron chi connectivity index (χ0n) is 18.8. The number of carbonyl (C=O) groups is 1. The van der Waals surface area contributed by atoms with E-state index in [0.717, 1.165) is 77.2 Å². The highest BCUT2D eigenvalue weighted by molar-refractivity contribution is 5.78. The summed E-state index contributed by atoms with van der Waals surface area (Å²) in [5.41, 5.74) is 0.726. The lowest BCUT2D eigenvalue weighted by molar-refractivity contribution is -0.126. The van der Waals surface area contributed by atoms with Gasteiger partial charge in [-0.05, 0) is 70.2 Å². The van der Waals surface area contributed by atoms with Crippen LogP contribution in [0.2, 0.25) is 0 Å². The SMILES string of the molecule is CN1CCN(CCCNC(=O)C2CCN(Cc3nc(-c4ccc(F)cc4)no3)CC2)CC1. The van der Waals surface area contributed by atoms with Gasteiger partial charge in [0.05, 0.1) is 6.54 Å². The molecule has 0 radical (unpaired) electrons. The predicted molar refractivity (Wildman–Crippen MR) is 119 cm³/mol. The number of halogens is 1. The summed E-state index contributed by atoms with van der Waals surface area (Å²) >= 11 is 0. The van der Waals surface area contributed by atoms with Gasteiger partial charge in [0.25, 0.3) is 0 Å². The Morgan fingerprint density at radius 3 is 2.53 bits per heavy atom. The zero-order valence-corrected chi connectivity index (χ0v) is 18.8. The van der Waals surface area contributed by atoms with Crippen molar-refractivity contribution >= 4 is 5.91 Å². The molecule has 0 atom stereocenters. The van der Waals surface area contributed by atoms with Crippen LogP contribution in [-0.2, 0) is 11.3 Å². The number of likely N-dealkylation sites (N-methyl/N-ethyl adjacent to an activating group) is 1. The molecule has 174 valence electrons. The van der Waals surface area contributed by atoms with Gasteiger partial charge < -0.3 is 19.6 Å². The fourth-order valence-corrected chi connectivity index (χ4v) is 4.31. The van der Waals surface area contributed by atoms with Crippen molar-refractivity contribution in [3.8, 4) is 11.4 Å². The summed E-state index contributed by atoms with van der Waals surface area (Å²) in [6, 6.07) is 6.04. The highest BCUT2D eigenvalue weighted by Gasteiger charge is 2.26. The third kappa shape index (κ3) is 6.34. The Bertz CT molecular complexity index is 858. The first-order valence-corrected chi connectivity index (χ1v) is 11.6. The van der Waals surface area contributed by atoms with Crippen molar-refractivity contribution in [2.75, 3.05) is 59.4 Å². The summed E-state index contributed by atoms with van der Waals surface area (Å²) in [4.78, 5) is 24.0. The number of piperazine rings is 1. The number of likely N-dealkylation sites (tertiary alicyclic amines) is 1. The summed E-state index contributed by atoms with van der Waals surface area (Å²) < 4.78 is 18.4. The van der Waals surface area contributed by atoms with E-state index in [1.807, 2.05) is 0 Å². The van der Waals surface area contributed by atoms with Gasteiger partial charge in [0.2, 0.25) is 17.6 Å². The highest BCUT2D eigenvalue weighted by atomic mass is 19.1. The van der Waals surface area contributed by atoms with E-state index in [9.17, 15) is 9.18 Å². The van der Waals surface area contributed by atoms with Gasteiger partial charge in [-0.25, -0.2) is 4.39 Å². The van der Waals surface area contributed by atoms with E-state index in [1.165, 1.54) is 12.1 Å². The number of benzene rings is 1. The largest absolute Gasteiger partial charge is 0.356 e. The minimum Gasteiger partial charge on any atom is -0.356 e. The molecule has 9 heteroatoms. The fraction of sp³-hybridized carbons (Fsp3) is 0.609. The van der Waals surface area contributed by atoms with E-state index < -0.39 is 0 Å². The number of hydrogen-bond acceptors (Lipinski definition) is 7. The van der Waals surface area contributed by atoms with Gasteiger partial charge in [-0.15, -0.1) is 0 Å². The van der Waals surface area contributed by atoms with Crippen LogP contribution in [0.15, 0.2) is 28.8 Å². The van der Waals surface area contributed by atoms with Gasteiger partial charge in [-0.1, -0.05) is 5.16 Å². The maximum atomic E-state index is 13.1. The maximum Gasteiger partial charge on any atom is 0.241 e. The fourth-order valence-electron chi connectivity index (χ4n) is 4.31. The average Bonchev–Trinajstić information content (AvgIpc) is 3.27. The molecule has 0 unspecified atom stereocenters. The molecule has 8 nitrogen and oxygen atoms in total. The van der Waals surface area contributed by atoms with Gasteiger partial charge in [0.15, 0.2) is 0 Å². The summed E-state index contributed by atoms with van der Waals surface area (Å²) in [7, 11) is 2.16.